The molecule has 2 N–H and O–H groups in total. The minimum atomic E-state index is -0.269. The second kappa shape index (κ2) is 7.36. The summed E-state index contributed by atoms with van der Waals surface area (Å²) >= 11 is 0. The molecule has 2 aromatic rings. The number of anilines is 1. The van der Waals surface area contributed by atoms with Gasteiger partial charge in [0.25, 0.3) is 0 Å². The van der Waals surface area contributed by atoms with Gasteiger partial charge in [0.15, 0.2) is 0 Å². The highest BCUT2D eigenvalue weighted by Gasteiger charge is 2.52. The molecule has 0 radical (unpaired) electrons. The van der Waals surface area contributed by atoms with E-state index in [2.05, 4.69) is 22.8 Å². The average molecular weight is 422 g/mol. The molecule has 3 aliphatic carbocycles. The van der Waals surface area contributed by atoms with E-state index >= 15 is 0 Å². The molecular formula is C25H28FN3O2. The zero-order valence-corrected chi connectivity index (χ0v) is 17.8. The molecule has 6 heteroatoms. The highest BCUT2D eigenvalue weighted by atomic mass is 19.1. The number of carbonyl (C=O) groups excluding carboxylic acids is 2. The van der Waals surface area contributed by atoms with Crippen molar-refractivity contribution < 1.29 is 14.0 Å². The van der Waals surface area contributed by atoms with E-state index in [1.54, 1.807) is 18.0 Å². The van der Waals surface area contributed by atoms with Crippen molar-refractivity contribution in [2.24, 2.45) is 5.41 Å². The molecule has 1 aliphatic heterocycles. The van der Waals surface area contributed by atoms with Crippen molar-refractivity contribution in [1.82, 2.24) is 10.2 Å². The van der Waals surface area contributed by atoms with Gasteiger partial charge in [-0.15, -0.1) is 0 Å². The molecule has 5 nitrogen and oxygen atoms in total. The summed E-state index contributed by atoms with van der Waals surface area (Å²) in [5, 5.41) is 5.83. The SMILES string of the molecule is CNC(=O)C12CCC(c3ccc(NC(=O)N4Cc5ccc(F)cc5C4)cc3)(CC1)CC2. The predicted molar refractivity (Wildman–Crippen MR) is 117 cm³/mol. The van der Waals surface area contributed by atoms with Gasteiger partial charge in [-0.1, -0.05) is 18.2 Å². The van der Waals surface area contributed by atoms with Gasteiger partial charge in [0.1, 0.15) is 5.82 Å². The number of carbonyl (C=O) groups is 2. The van der Waals surface area contributed by atoms with E-state index in [-0.39, 0.29) is 28.6 Å². The normalized spacial score (nSPS) is 26.5. The van der Waals surface area contributed by atoms with Gasteiger partial charge in [-0.3, -0.25) is 4.79 Å². The third kappa shape index (κ3) is 3.38. The zero-order valence-electron chi connectivity index (χ0n) is 17.8. The number of nitrogens with zero attached hydrogens (tertiary/aromatic N) is 1. The fourth-order valence-corrected chi connectivity index (χ4v) is 5.84. The van der Waals surface area contributed by atoms with Gasteiger partial charge in [0, 0.05) is 31.2 Å². The fourth-order valence-electron chi connectivity index (χ4n) is 5.84. The number of halogens is 1. The van der Waals surface area contributed by atoms with Crippen molar-refractivity contribution in [3.05, 3.63) is 65.0 Å². The summed E-state index contributed by atoms with van der Waals surface area (Å²) in [7, 11) is 1.74. The molecule has 1 heterocycles. The van der Waals surface area contributed by atoms with E-state index in [4.69, 9.17) is 0 Å². The van der Waals surface area contributed by atoms with E-state index < -0.39 is 0 Å². The second-order valence-electron chi connectivity index (χ2n) is 9.42. The molecule has 0 unspecified atom stereocenters. The van der Waals surface area contributed by atoms with Crippen LogP contribution in [0.3, 0.4) is 0 Å². The lowest BCUT2D eigenvalue weighted by Gasteiger charge is -2.52. The van der Waals surface area contributed by atoms with Crippen molar-refractivity contribution in [3.8, 4) is 0 Å². The molecule has 0 saturated heterocycles. The van der Waals surface area contributed by atoms with Crippen LogP contribution in [0.1, 0.15) is 55.2 Å². The Balaban J connectivity index is 1.23. The Labute approximate surface area is 182 Å². The molecule has 2 aromatic carbocycles. The lowest BCUT2D eigenvalue weighted by molar-refractivity contribution is -0.137. The summed E-state index contributed by atoms with van der Waals surface area (Å²) in [6, 6.07) is 12.7. The highest BCUT2D eigenvalue weighted by molar-refractivity contribution is 5.89. The van der Waals surface area contributed by atoms with Gasteiger partial charge in [-0.05, 0) is 84.9 Å². The maximum atomic E-state index is 13.4. The Hall–Kier alpha value is -2.89. The number of hydrogen-bond donors (Lipinski definition) is 2. The van der Waals surface area contributed by atoms with Crippen LogP contribution in [0, 0.1) is 11.2 Å². The quantitative estimate of drug-likeness (QED) is 0.754. The van der Waals surface area contributed by atoms with Crippen LogP contribution in [0.2, 0.25) is 0 Å². The largest absolute Gasteiger partial charge is 0.359 e. The maximum absolute atomic E-state index is 13.4. The Bertz CT molecular complexity index is 1010. The summed E-state index contributed by atoms with van der Waals surface area (Å²) in [6.07, 6.45) is 5.95. The molecule has 0 aromatic heterocycles. The molecule has 3 fully saturated rings. The van der Waals surface area contributed by atoms with E-state index in [9.17, 15) is 14.0 Å². The fraction of sp³-hybridized carbons (Fsp3) is 0.440. The van der Waals surface area contributed by atoms with Crippen molar-refractivity contribution >= 4 is 17.6 Å². The first-order valence-electron chi connectivity index (χ1n) is 11.1. The molecule has 0 spiro atoms. The number of benzene rings is 2. The number of hydrogen-bond acceptors (Lipinski definition) is 2. The number of amides is 3. The smallest absolute Gasteiger partial charge is 0.322 e. The van der Waals surface area contributed by atoms with Crippen LogP contribution < -0.4 is 10.6 Å². The van der Waals surface area contributed by atoms with Crippen LogP contribution in [0.25, 0.3) is 0 Å². The van der Waals surface area contributed by atoms with Crippen molar-refractivity contribution in [1.29, 1.82) is 0 Å². The van der Waals surface area contributed by atoms with Gasteiger partial charge in [-0.25, -0.2) is 9.18 Å². The molecule has 4 aliphatic rings. The first-order valence-corrected chi connectivity index (χ1v) is 11.1. The lowest BCUT2D eigenvalue weighted by Crippen LogP contribution is -2.51. The van der Waals surface area contributed by atoms with Crippen LogP contribution in [0.15, 0.2) is 42.5 Å². The number of rotatable bonds is 3. The summed E-state index contributed by atoms with van der Waals surface area (Å²) < 4.78 is 13.4. The van der Waals surface area contributed by atoms with E-state index in [0.717, 1.165) is 55.3 Å². The van der Waals surface area contributed by atoms with Gasteiger partial charge in [-0.2, -0.15) is 0 Å². The Morgan fingerprint density at radius 3 is 2.19 bits per heavy atom. The van der Waals surface area contributed by atoms with E-state index in [1.807, 2.05) is 12.1 Å². The lowest BCUT2D eigenvalue weighted by atomic mass is 9.51. The van der Waals surface area contributed by atoms with Crippen molar-refractivity contribution in [2.75, 3.05) is 12.4 Å². The predicted octanol–water partition coefficient (Wildman–Crippen LogP) is 4.71. The van der Waals surface area contributed by atoms with Gasteiger partial charge < -0.3 is 15.5 Å². The molecular weight excluding hydrogens is 393 g/mol. The minimum Gasteiger partial charge on any atom is -0.359 e. The zero-order chi connectivity index (χ0) is 21.6. The van der Waals surface area contributed by atoms with Gasteiger partial charge >= 0.3 is 6.03 Å². The summed E-state index contributed by atoms with van der Waals surface area (Å²) in [5.74, 6) is -0.0698. The Kier molecular flexibility index (Phi) is 4.76. The molecule has 3 saturated carbocycles. The van der Waals surface area contributed by atoms with Crippen LogP contribution >= 0.6 is 0 Å². The van der Waals surface area contributed by atoms with E-state index in [1.165, 1.54) is 17.7 Å². The number of fused-ring (bicyclic) bond motifs is 4. The summed E-state index contributed by atoms with van der Waals surface area (Å²) in [6.45, 7) is 0.920. The van der Waals surface area contributed by atoms with E-state index in [0.29, 0.717) is 13.1 Å². The topological polar surface area (TPSA) is 61.4 Å². The van der Waals surface area contributed by atoms with Crippen LogP contribution in [0.5, 0.6) is 0 Å². The van der Waals surface area contributed by atoms with Crippen LogP contribution in [0.4, 0.5) is 14.9 Å². The van der Waals surface area contributed by atoms with Crippen LogP contribution in [-0.2, 0) is 23.3 Å². The van der Waals surface area contributed by atoms with Crippen molar-refractivity contribution in [2.45, 2.75) is 57.0 Å². The standard InChI is InChI=1S/C25H28FN3O2/c1-27-22(30)25-11-8-24(9-12-25,10-13-25)19-3-6-21(7-4-19)28-23(31)29-15-17-2-5-20(26)14-18(17)16-29/h2-7,14H,8-13,15-16H2,1H3,(H,27,30)(H,28,31). The van der Waals surface area contributed by atoms with Gasteiger partial charge in [0.2, 0.25) is 5.91 Å². The molecule has 6 rings (SSSR count). The molecule has 3 amide bonds. The third-order valence-corrected chi connectivity index (χ3v) is 7.88. The second-order valence-corrected chi connectivity index (χ2v) is 9.42. The molecule has 0 atom stereocenters. The molecule has 162 valence electrons. The van der Waals surface area contributed by atoms with Crippen molar-refractivity contribution in [3.63, 3.8) is 0 Å². The summed E-state index contributed by atoms with van der Waals surface area (Å²) in [5.41, 5.74) is 3.92. The van der Waals surface area contributed by atoms with Crippen LogP contribution in [-0.4, -0.2) is 23.9 Å². The minimum absolute atomic E-state index is 0.152. The highest BCUT2D eigenvalue weighted by Crippen LogP contribution is 2.57. The maximum Gasteiger partial charge on any atom is 0.322 e. The Morgan fingerprint density at radius 1 is 0.903 bits per heavy atom. The number of urea groups is 1. The Morgan fingerprint density at radius 2 is 1.55 bits per heavy atom. The monoisotopic (exact) mass is 421 g/mol. The third-order valence-electron chi connectivity index (χ3n) is 7.88. The average Bonchev–Trinajstić information content (AvgIpc) is 3.23. The molecule has 31 heavy (non-hydrogen) atoms. The first kappa shape index (κ1) is 20.0. The number of nitrogens with one attached hydrogen (secondary N) is 2. The first-order chi connectivity index (χ1) is 14.9. The van der Waals surface area contributed by atoms with Gasteiger partial charge in [0.05, 0.1) is 0 Å². The summed E-state index contributed by atoms with van der Waals surface area (Å²) in [4.78, 5) is 26.7. The molecule has 2 bridgehead atoms.